The molecule has 0 bridgehead atoms. The molecule has 0 N–H and O–H groups in total. The minimum atomic E-state index is 0. The van der Waals surface area contributed by atoms with Gasteiger partial charge in [0.15, 0.2) is 0 Å². The summed E-state index contributed by atoms with van der Waals surface area (Å²) >= 11 is 0. The second-order valence-electron chi connectivity index (χ2n) is 5.96. The van der Waals surface area contributed by atoms with Gasteiger partial charge in [-0.2, -0.15) is 0 Å². The first-order valence-electron chi connectivity index (χ1n) is 7.70. The molecule has 0 atom stereocenters. The van der Waals surface area contributed by atoms with Crippen LogP contribution in [0.2, 0.25) is 0 Å². The fraction of sp³-hybridized carbons (Fsp3) is 1.00. The molecule has 0 aromatic heterocycles. The van der Waals surface area contributed by atoms with Gasteiger partial charge in [0.25, 0.3) is 0 Å². The van der Waals surface area contributed by atoms with Gasteiger partial charge in [-0.1, -0.05) is 0 Å². The van der Waals surface area contributed by atoms with Gasteiger partial charge in [0, 0.05) is 6.42 Å². The van der Waals surface area contributed by atoms with E-state index in [-0.39, 0.29) is 34.0 Å². The molecule has 0 heterocycles. The summed E-state index contributed by atoms with van der Waals surface area (Å²) in [6.07, 6.45) is 1.17. The van der Waals surface area contributed by atoms with Crippen molar-refractivity contribution in [1.82, 2.24) is 0 Å². The third-order valence-electron chi connectivity index (χ3n) is 4.63. The Morgan fingerprint density at radius 3 is 1.60 bits per heavy atom. The van der Waals surface area contributed by atoms with Crippen molar-refractivity contribution in [2.45, 2.75) is 34.1 Å². The van der Waals surface area contributed by atoms with Crippen molar-refractivity contribution in [3.63, 3.8) is 0 Å². The van der Waals surface area contributed by atoms with E-state index in [0.717, 1.165) is 24.2 Å². The van der Waals surface area contributed by atoms with E-state index in [1.54, 1.807) is 0 Å². The lowest BCUT2D eigenvalue weighted by molar-refractivity contribution is -0.923. The quantitative estimate of drug-likeness (QED) is 0.248. The highest BCUT2D eigenvalue weighted by Gasteiger charge is 2.19. The van der Waals surface area contributed by atoms with Crippen LogP contribution in [-0.2, 0) is 4.74 Å². The maximum atomic E-state index is 5.81. The van der Waals surface area contributed by atoms with Gasteiger partial charge < -0.3 is 47.7 Å². The number of halogens is 2. The third-order valence-corrected chi connectivity index (χ3v) is 4.63. The normalized spacial score (nSPS) is 11.7. The average molecular weight is 420 g/mol. The largest absolute Gasteiger partial charge is 1.00 e. The summed E-state index contributed by atoms with van der Waals surface area (Å²) in [5, 5.41) is 0. The Morgan fingerprint density at radius 1 is 0.700 bits per heavy atom. The molecule has 0 spiro atoms. The number of likely N-dealkylation sites (N-methyl/N-ethyl adjacent to an activating group) is 1. The lowest BCUT2D eigenvalue weighted by Gasteiger charge is -2.35. The van der Waals surface area contributed by atoms with Crippen LogP contribution in [0, 0.1) is 0 Å². The minimum Gasteiger partial charge on any atom is -1.00 e. The fourth-order valence-electron chi connectivity index (χ4n) is 2.26. The summed E-state index contributed by atoms with van der Waals surface area (Å²) in [4.78, 5) is 0. The number of hydrogen-bond donors (Lipinski definition) is 0. The molecule has 0 aromatic rings. The molecule has 0 aliphatic carbocycles. The third kappa shape index (κ3) is 10.6. The molecule has 0 aliphatic rings. The van der Waals surface area contributed by atoms with E-state index in [2.05, 4.69) is 41.8 Å². The van der Waals surface area contributed by atoms with Crippen molar-refractivity contribution in [3.05, 3.63) is 0 Å². The molecule has 0 saturated heterocycles. The van der Waals surface area contributed by atoms with Gasteiger partial charge in [-0.25, -0.2) is 0 Å². The van der Waals surface area contributed by atoms with Gasteiger partial charge in [-0.3, -0.25) is 0 Å². The predicted molar refractivity (Wildman–Crippen MR) is 79.7 cm³/mol. The molecule has 5 heteroatoms. The summed E-state index contributed by atoms with van der Waals surface area (Å²) < 4.78 is 8.10. The van der Waals surface area contributed by atoms with Crippen LogP contribution in [0.1, 0.15) is 34.1 Å². The summed E-state index contributed by atoms with van der Waals surface area (Å²) in [6, 6.07) is 0. The molecule has 126 valence electrons. The SMILES string of the molecule is CC[N+](C)(C)CCCOCC[N+](CC)(CC)CC.[Br-].[Br-]. The monoisotopic (exact) mass is 418 g/mol. The number of ether oxygens (including phenoxy) is 1. The highest BCUT2D eigenvalue weighted by molar-refractivity contribution is 4.40. The number of quaternary nitrogens is 2. The minimum absolute atomic E-state index is 0. The van der Waals surface area contributed by atoms with Gasteiger partial charge in [-0.05, 0) is 27.7 Å². The topological polar surface area (TPSA) is 9.23 Å². The van der Waals surface area contributed by atoms with Crippen molar-refractivity contribution in [2.75, 3.05) is 66.6 Å². The van der Waals surface area contributed by atoms with Crippen LogP contribution < -0.4 is 34.0 Å². The van der Waals surface area contributed by atoms with Crippen molar-refractivity contribution in [2.24, 2.45) is 0 Å². The van der Waals surface area contributed by atoms with Gasteiger partial charge >= 0.3 is 0 Å². The van der Waals surface area contributed by atoms with Crippen LogP contribution in [0.5, 0.6) is 0 Å². The Kier molecular flexibility index (Phi) is 17.4. The molecule has 20 heavy (non-hydrogen) atoms. The number of hydrogen-bond acceptors (Lipinski definition) is 1. The Morgan fingerprint density at radius 2 is 1.20 bits per heavy atom. The van der Waals surface area contributed by atoms with Crippen molar-refractivity contribution < 1.29 is 47.7 Å². The average Bonchev–Trinajstić information content (AvgIpc) is 2.39. The molecule has 0 amide bonds. The first kappa shape index (κ1) is 25.8. The zero-order chi connectivity index (χ0) is 14.1. The first-order chi connectivity index (χ1) is 8.45. The molecule has 0 aromatic carbocycles. The Hall–Kier alpha value is 0.840. The van der Waals surface area contributed by atoms with Crippen LogP contribution in [-0.4, -0.2) is 75.5 Å². The van der Waals surface area contributed by atoms with E-state index in [1.165, 1.54) is 43.6 Å². The first-order valence-corrected chi connectivity index (χ1v) is 7.70. The Bertz CT molecular complexity index is 202. The van der Waals surface area contributed by atoms with Gasteiger partial charge in [0.1, 0.15) is 6.54 Å². The van der Waals surface area contributed by atoms with Crippen molar-refractivity contribution in [3.8, 4) is 0 Å². The summed E-state index contributed by atoms with van der Waals surface area (Å²) in [6.45, 7) is 18.2. The lowest BCUT2D eigenvalue weighted by Crippen LogP contribution is -3.00. The molecular weight excluding hydrogens is 384 g/mol. The van der Waals surface area contributed by atoms with Crippen LogP contribution in [0.25, 0.3) is 0 Å². The second kappa shape index (κ2) is 13.5. The molecule has 3 nitrogen and oxygen atoms in total. The van der Waals surface area contributed by atoms with Crippen LogP contribution in [0.4, 0.5) is 0 Å². The number of rotatable bonds is 11. The smallest absolute Gasteiger partial charge is 0.102 e. The maximum absolute atomic E-state index is 5.81. The molecular formula is C15H36Br2N2O. The molecule has 0 aliphatic heterocycles. The van der Waals surface area contributed by atoms with Gasteiger partial charge in [0.2, 0.25) is 0 Å². The standard InChI is InChI=1S/C15H36N2O.2BrH/c1-7-16(5,6)12-11-14-18-15-13-17(8-2,9-3)10-4;;/h7-15H2,1-6H3;2*1H/q+2;;/p-2. The van der Waals surface area contributed by atoms with Crippen LogP contribution >= 0.6 is 0 Å². The van der Waals surface area contributed by atoms with Gasteiger partial charge in [0.05, 0.1) is 60.0 Å². The van der Waals surface area contributed by atoms with E-state index in [1.807, 2.05) is 0 Å². The highest BCUT2D eigenvalue weighted by atomic mass is 79.9. The Labute approximate surface area is 148 Å². The summed E-state index contributed by atoms with van der Waals surface area (Å²) in [7, 11) is 4.57. The molecule has 0 rings (SSSR count). The number of nitrogens with zero attached hydrogens (tertiary/aromatic N) is 2. The zero-order valence-electron chi connectivity index (χ0n) is 14.4. The molecule has 0 saturated carbocycles. The Balaban J connectivity index is -0.00000144. The maximum Gasteiger partial charge on any atom is 0.102 e. The van der Waals surface area contributed by atoms with E-state index in [0.29, 0.717) is 0 Å². The predicted octanol–water partition coefficient (Wildman–Crippen LogP) is -3.63. The fourth-order valence-corrected chi connectivity index (χ4v) is 2.26. The van der Waals surface area contributed by atoms with E-state index in [4.69, 9.17) is 4.74 Å². The van der Waals surface area contributed by atoms with E-state index in [9.17, 15) is 0 Å². The van der Waals surface area contributed by atoms with Crippen molar-refractivity contribution in [1.29, 1.82) is 0 Å². The highest BCUT2D eigenvalue weighted by Crippen LogP contribution is 2.05. The van der Waals surface area contributed by atoms with Crippen LogP contribution in [0.15, 0.2) is 0 Å². The molecule has 0 fully saturated rings. The van der Waals surface area contributed by atoms with Crippen molar-refractivity contribution >= 4 is 0 Å². The van der Waals surface area contributed by atoms with E-state index < -0.39 is 0 Å². The second-order valence-corrected chi connectivity index (χ2v) is 5.96. The summed E-state index contributed by atoms with van der Waals surface area (Å²) in [5.74, 6) is 0. The molecule has 0 unspecified atom stereocenters. The zero-order valence-corrected chi connectivity index (χ0v) is 17.6. The lowest BCUT2D eigenvalue weighted by atomic mass is 10.3. The van der Waals surface area contributed by atoms with E-state index >= 15 is 0 Å². The summed E-state index contributed by atoms with van der Waals surface area (Å²) in [5.41, 5.74) is 0. The molecule has 0 radical (unpaired) electrons. The van der Waals surface area contributed by atoms with Gasteiger partial charge in [-0.15, -0.1) is 0 Å². The van der Waals surface area contributed by atoms with Crippen LogP contribution in [0.3, 0.4) is 0 Å².